The maximum Gasteiger partial charge on any atom is 0.490 e. The lowest BCUT2D eigenvalue weighted by Gasteiger charge is -2.42. The predicted octanol–water partition coefficient (Wildman–Crippen LogP) is 12.6. The SMILES string of the molecule is CC1(C)C2=CC(N(C3=CC(N(c4ccc5c(c4)C(C)(C)C4CC=CC=C54)C4C=CC=CC4)CC(B4OC(C)(C)C(C)(C)O4)=C3)c3ccccc3)=CCC2c2ccccc21. The standard InChI is InChI=1S/C54H59BN2O2/c1-51(2)47-25-17-15-23-43(47)45-29-27-39(34-49(45)51)56(37-19-11-9-12-20-37)41-31-36(55-58-53(5,6)54(7,8)59-55)32-42(33-41)57(38-21-13-10-14-22-38)40-28-30-46-44-24-16-18-26-48(44)52(3,4)50(46)35-40/h9-21,23-25,27-28,30-31,33-35,38,42,45,48H,22,26,29,32H2,1-8H3. The fourth-order valence-corrected chi connectivity index (χ4v) is 11.2. The molecule has 0 amide bonds. The fraction of sp³-hybridized carbons (Fsp3) is 0.370. The average Bonchev–Trinajstić information content (AvgIpc) is 3.71. The highest BCUT2D eigenvalue weighted by Gasteiger charge is 2.53. The molecule has 300 valence electrons. The summed E-state index contributed by atoms with van der Waals surface area (Å²) < 4.78 is 13.8. The Hall–Kier alpha value is -4.84. The van der Waals surface area contributed by atoms with Gasteiger partial charge in [-0.05, 0) is 141 Å². The van der Waals surface area contributed by atoms with Gasteiger partial charge in [0.05, 0.1) is 23.3 Å². The molecule has 59 heavy (non-hydrogen) atoms. The molecule has 1 aliphatic heterocycles. The number of nitrogens with zero attached hydrogens (tertiary/aromatic N) is 2. The molecule has 3 aromatic rings. The maximum atomic E-state index is 6.91. The molecule has 4 atom stereocenters. The monoisotopic (exact) mass is 778 g/mol. The van der Waals surface area contributed by atoms with Gasteiger partial charge in [0.1, 0.15) is 0 Å². The first-order valence-corrected chi connectivity index (χ1v) is 22.0. The van der Waals surface area contributed by atoms with Crippen molar-refractivity contribution in [1.29, 1.82) is 0 Å². The molecule has 5 heteroatoms. The second kappa shape index (κ2) is 13.9. The minimum atomic E-state index is -0.458. The van der Waals surface area contributed by atoms with Crippen LogP contribution in [0.15, 0.2) is 162 Å². The van der Waals surface area contributed by atoms with Gasteiger partial charge in [-0.3, -0.25) is 0 Å². The van der Waals surface area contributed by atoms with Crippen molar-refractivity contribution in [3.05, 3.63) is 184 Å². The molecule has 1 heterocycles. The van der Waals surface area contributed by atoms with Gasteiger partial charge in [-0.1, -0.05) is 130 Å². The molecule has 6 aliphatic carbocycles. The van der Waals surface area contributed by atoms with Crippen LogP contribution in [-0.4, -0.2) is 30.4 Å². The van der Waals surface area contributed by atoms with Gasteiger partial charge in [0.15, 0.2) is 0 Å². The highest BCUT2D eigenvalue weighted by atomic mass is 16.7. The summed E-state index contributed by atoms with van der Waals surface area (Å²) >= 11 is 0. The van der Waals surface area contributed by atoms with Crippen LogP contribution in [0.5, 0.6) is 0 Å². The molecule has 0 bridgehead atoms. The summed E-state index contributed by atoms with van der Waals surface area (Å²) in [5.41, 5.74) is 13.8. The largest absolute Gasteiger partial charge is 0.490 e. The van der Waals surface area contributed by atoms with Crippen molar-refractivity contribution in [3.63, 3.8) is 0 Å². The van der Waals surface area contributed by atoms with Gasteiger partial charge in [0, 0.05) is 34.1 Å². The number of para-hydroxylation sites is 1. The first kappa shape index (κ1) is 38.4. The number of hydrogen-bond acceptors (Lipinski definition) is 4. The van der Waals surface area contributed by atoms with Gasteiger partial charge in [0.25, 0.3) is 0 Å². The molecule has 4 nitrogen and oxygen atoms in total. The van der Waals surface area contributed by atoms with Crippen molar-refractivity contribution >= 4 is 24.1 Å². The van der Waals surface area contributed by atoms with Crippen molar-refractivity contribution in [2.45, 2.75) is 121 Å². The van der Waals surface area contributed by atoms with Crippen LogP contribution in [0.25, 0.3) is 5.57 Å². The molecule has 4 unspecified atom stereocenters. The van der Waals surface area contributed by atoms with Crippen LogP contribution in [0.4, 0.5) is 11.4 Å². The summed E-state index contributed by atoms with van der Waals surface area (Å²) in [6.45, 7) is 18.4. The van der Waals surface area contributed by atoms with Crippen LogP contribution < -0.4 is 9.80 Å². The molecule has 3 aromatic carbocycles. The lowest BCUT2D eigenvalue weighted by Crippen LogP contribution is -2.45. The second-order valence-electron chi connectivity index (χ2n) is 19.9. The Morgan fingerprint density at radius 1 is 0.678 bits per heavy atom. The number of hydrogen-bond donors (Lipinski definition) is 0. The normalized spacial score (nSPS) is 27.4. The first-order valence-electron chi connectivity index (χ1n) is 22.0. The lowest BCUT2D eigenvalue weighted by molar-refractivity contribution is 0.00578. The summed E-state index contributed by atoms with van der Waals surface area (Å²) in [5.74, 6) is 0.893. The first-order chi connectivity index (χ1) is 28.2. The lowest BCUT2D eigenvalue weighted by atomic mass is 9.71. The Morgan fingerprint density at radius 2 is 1.42 bits per heavy atom. The predicted molar refractivity (Wildman–Crippen MR) is 246 cm³/mol. The summed E-state index contributed by atoms with van der Waals surface area (Å²) in [5, 5.41) is 0. The summed E-state index contributed by atoms with van der Waals surface area (Å²) in [6.07, 6.45) is 29.8. The van der Waals surface area contributed by atoms with Gasteiger partial charge >= 0.3 is 7.12 Å². The third kappa shape index (κ3) is 6.17. The minimum Gasteiger partial charge on any atom is -0.400 e. The van der Waals surface area contributed by atoms with E-state index in [-0.39, 0.29) is 22.9 Å². The van der Waals surface area contributed by atoms with E-state index in [1.807, 2.05) is 0 Å². The molecule has 0 N–H and O–H groups in total. The van der Waals surface area contributed by atoms with E-state index in [1.165, 1.54) is 50.3 Å². The molecule has 0 radical (unpaired) electrons. The summed E-state index contributed by atoms with van der Waals surface area (Å²) in [4.78, 5) is 5.21. The molecule has 1 fully saturated rings. The van der Waals surface area contributed by atoms with Crippen LogP contribution >= 0.6 is 0 Å². The van der Waals surface area contributed by atoms with Crippen LogP contribution in [0, 0.1) is 5.92 Å². The average molecular weight is 779 g/mol. The molecule has 0 spiro atoms. The molecule has 10 rings (SSSR count). The summed E-state index contributed by atoms with van der Waals surface area (Å²) in [6, 6.07) is 27.6. The van der Waals surface area contributed by atoms with E-state index in [0.29, 0.717) is 11.8 Å². The zero-order valence-corrected chi connectivity index (χ0v) is 36.2. The van der Waals surface area contributed by atoms with Crippen molar-refractivity contribution in [2.24, 2.45) is 5.92 Å². The van der Waals surface area contributed by atoms with E-state index in [1.54, 1.807) is 0 Å². The van der Waals surface area contributed by atoms with E-state index in [0.717, 1.165) is 37.1 Å². The van der Waals surface area contributed by atoms with Crippen LogP contribution in [0.2, 0.25) is 0 Å². The third-order valence-electron chi connectivity index (χ3n) is 15.2. The molecule has 0 aromatic heterocycles. The van der Waals surface area contributed by atoms with Crippen molar-refractivity contribution in [1.82, 2.24) is 0 Å². The number of benzene rings is 3. The van der Waals surface area contributed by atoms with Crippen molar-refractivity contribution in [3.8, 4) is 0 Å². The van der Waals surface area contributed by atoms with Gasteiger partial charge in [0.2, 0.25) is 0 Å². The Balaban J connectivity index is 1.13. The molecular formula is C54H59BN2O2. The number of allylic oxidation sites excluding steroid dienone is 10. The Morgan fingerprint density at radius 3 is 2.19 bits per heavy atom. The number of rotatable bonds is 7. The van der Waals surface area contributed by atoms with Gasteiger partial charge < -0.3 is 19.1 Å². The Kier molecular flexibility index (Phi) is 9.01. The smallest absolute Gasteiger partial charge is 0.400 e. The van der Waals surface area contributed by atoms with Gasteiger partial charge in [-0.2, -0.15) is 0 Å². The van der Waals surface area contributed by atoms with E-state index < -0.39 is 18.3 Å². The minimum absolute atomic E-state index is 0.0267. The van der Waals surface area contributed by atoms with Crippen molar-refractivity contribution in [2.75, 3.05) is 9.80 Å². The molecule has 0 saturated carbocycles. The fourth-order valence-electron chi connectivity index (χ4n) is 11.2. The van der Waals surface area contributed by atoms with Gasteiger partial charge in [-0.25, -0.2) is 0 Å². The van der Waals surface area contributed by atoms with Gasteiger partial charge in [-0.15, -0.1) is 0 Å². The second-order valence-corrected chi connectivity index (χ2v) is 19.9. The van der Waals surface area contributed by atoms with E-state index in [2.05, 4.69) is 205 Å². The van der Waals surface area contributed by atoms with Crippen LogP contribution in [0.3, 0.4) is 0 Å². The number of fused-ring (bicyclic) bond motifs is 6. The maximum absolute atomic E-state index is 6.91. The quantitative estimate of drug-likeness (QED) is 0.223. The topological polar surface area (TPSA) is 24.9 Å². The third-order valence-corrected chi connectivity index (χ3v) is 15.2. The zero-order valence-electron chi connectivity index (χ0n) is 36.2. The van der Waals surface area contributed by atoms with Crippen molar-refractivity contribution < 1.29 is 9.31 Å². The summed E-state index contributed by atoms with van der Waals surface area (Å²) in [7, 11) is -0.458. The van der Waals surface area contributed by atoms with Crippen LogP contribution in [0.1, 0.15) is 109 Å². The van der Waals surface area contributed by atoms with Crippen LogP contribution in [-0.2, 0) is 20.1 Å². The van der Waals surface area contributed by atoms with E-state index in [4.69, 9.17) is 9.31 Å². The Labute approximate surface area is 353 Å². The highest BCUT2D eigenvalue weighted by molar-refractivity contribution is 6.54. The van der Waals surface area contributed by atoms with E-state index >= 15 is 0 Å². The zero-order chi connectivity index (χ0) is 40.9. The molecular weight excluding hydrogens is 719 g/mol. The Bertz CT molecular complexity index is 2440. The number of anilines is 2. The van der Waals surface area contributed by atoms with E-state index in [9.17, 15) is 0 Å². The highest BCUT2D eigenvalue weighted by Crippen LogP contribution is 2.56. The molecule has 7 aliphatic rings. The molecule has 1 saturated heterocycles.